The molecule has 0 aliphatic carbocycles. The van der Waals surface area contributed by atoms with Gasteiger partial charge in [-0.15, -0.1) is 0 Å². The van der Waals surface area contributed by atoms with Crippen molar-refractivity contribution >= 4 is 10.8 Å². The van der Waals surface area contributed by atoms with Crippen molar-refractivity contribution in [2.45, 2.75) is 11.3 Å². The molecule has 0 spiro atoms. The fourth-order valence-corrected chi connectivity index (χ4v) is 2.38. The molecule has 0 bridgehead atoms. The van der Waals surface area contributed by atoms with Gasteiger partial charge in [0, 0.05) is 5.75 Å². The maximum atomic E-state index is 13.2. The van der Waals surface area contributed by atoms with Crippen molar-refractivity contribution in [3.8, 4) is 0 Å². The molecular weight excluding hydrogens is 213 g/mol. The maximum Gasteiger partial charge on any atom is 0.139 e. The normalized spacial score (nSPS) is 13.1. The average molecular weight is 229 g/mol. The summed E-state index contributed by atoms with van der Waals surface area (Å²) in [6.45, 7) is 0.875. The highest BCUT2D eigenvalue weighted by Gasteiger charge is 2.08. The van der Waals surface area contributed by atoms with E-state index in [4.69, 9.17) is 0 Å². The molecule has 0 heterocycles. The monoisotopic (exact) mass is 229 g/mol. The number of nitrogens with zero attached hydrogens (tertiary/aromatic N) is 1. The fraction of sp³-hybridized carbons (Fsp3) is 0.455. The largest absolute Gasteiger partial charge is 0.309 e. The van der Waals surface area contributed by atoms with Gasteiger partial charge in [-0.25, -0.2) is 4.39 Å². The smallest absolute Gasteiger partial charge is 0.139 e. The molecule has 0 amide bonds. The van der Waals surface area contributed by atoms with Crippen LogP contribution in [0.3, 0.4) is 0 Å². The molecule has 1 atom stereocenters. The van der Waals surface area contributed by atoms with Crippen LogP contribution in [0.5, 0.6) is 0 Å². The summed E-state index contributed by atoms with van der Waals surface area (Å²) in [6.07, 6.45) is 0.813. The van der Waals surface area contributed by atoms with Crippen LogP contribution in [0.15, 0.2) is 29.2 Å². The van der Waals surface area contributed by atoms with Gasteiger partial charge in [0.05, 0.1) is 15.7 Å². The van der Waals surface area contributed by atoms with Crippen molar-refractivity contribution in [3.05, 3.63) is 30.1 Å². The van der Waals surface area contributed by atoms with Gasteiger partial charge in [-0.1, -0.05) is 12.1 Å². The van der Waals surface area contributed by atoms with Crippen LogP contribution < -0.4 is 0 Å². The Bertz CT molecular complexity index is 341. The second-order valence-corrected chi connectivity index (χ2v) is 5.18. The van der Waals surface area contributed by atoms with E-state index in [9.17, 15) is 8.60 Å². The van der Waals surface area contributed by atoms with E-state index in [2.05, 4.69) is 0 Å². The first-order valence-corrected chi connectivity index (χ1v) is 6.21. The summed E-state index contributed by atoms with van der Waals surface area (Å²) in [5, 5.41) is 0. The van der Waals surface area contributed by atoms with E-state index in [1.54, 1.807) is 18.2 Å². The Morgan fingerprint density at radius 3 is 2.60 bits per heavy atom. The molecule has 0 radical (unpaired) electrons. The van der Waals surface area contributed by atoms with Crippen LogP contribution in [-0.4, -0.2) is 35.5 Å². The number of halogens is 1. The van der Waals surface area contributed by atoms with Gasteiger partial charge in [0.1, 0.15) is 5.82 Å². The highest BCUT2D eigenvalue weighted by molar-refractivity contribution is 7.85. The molecule has 0 N–H and O–H groups in total. The predicted molar refractivity (Wildman–Crippen MR) is 60.8 cm³/mol. The van der Waals surface area contributed by atoms with Gasteiger partial charge in [-0.05, 0) is 39.2 Å². The molecule has 0 aliphatic rings. The van der Waals surface area contributed by atoms with Crippen molar-refractivity contribution in [2.24, 2.45) is 0 Å². The molecule has 2 nitrogen and oxygen atoms in total. The average Bonchev–Trinajstić information content (AvgIpc) is 2.17. The zero-order valence-corrected chi connectivity index (χ0v) is 9.89. The zero-order valence-electron chi connectivity index (χ0n) is 9.07. The first kappa shape index (κ1) is 12.3. The van der Waals surface area contributed by atoms with Crippen molar-refractivity contribution in [1.29, 1.82) is 0 Å². The Morgan fingerprint density at radius 1 is 1.33 bits per heavy atom. The maximum absolute atomic E-state index is 13.2. The summed E-state index contributed by atoms with van der Waals surface area (Å²) in [5.41, 5.74) is 0. The fourth-order valence-electron chi connectivity index (χ4n) is 1.25. The molecule has 0 saturated heterocycles. The van der Waals surface area contributed by atoms with Crippen LogP contribution in [0.1, 0.15) is 6.42 Å². The van der Waals surface area contributed by atoms with E-state index in [1.165, 1.54) is 6.07 Å². The molecule has 0 aliphatic heterocycles. The number of hydrogen-bond donors (Lipinski definition) is 0. The van der Waals surface area contributed by atoms with E-state index < -0.39 is 10.8 Å². The molecule has 1 aromatic carbocycles. The third kappa shape index (κ3) is 4.10. The van der Waals surface area contributed by atoms with Crippen LogP contribution in [-0.2, 0) is 10.8 Å². The second kappa shape index (κ2) is 5.98. The van der Waals surface area contributed by atoms with E-state index in [-0.39, 0.29) is 5.82 Å². The predicted octanol–water partition coefficient (Wildman–Crippen LogP) is 1.89. The van der Waals surface area contributed by atoms with Crippen molar-refractivity contribution in [1.82, 2.24) is 4.90 Å². The molecule has 0 fully saturated rings. The van der Waals surface area contributed by atoms with E-state index in [1.807, 2.05) is 19.0 Å². The minimum atomic E-state index is -1.21. The highest BCUT2D eigenvalue weighted by atomic mass is 32.2. The minimum Gasteiger partial charge on any atom is -0.309 e. The summed E-state index contributed by atoms with van der Waals surface area (Å²) in [5.74, 6) is 0.139. The lowest BCUT2D eigenvalue weighted by Gasteiger charge is -2.08. The highest BCUT2D eigenvalue weighted by Crippen LogP contribution is 2.12. The Hall–Kier alpha value is -0.740. The molecule has 0 aromatic heterocycles. The van der Waals surface area contributed by atoms with E-state index in [0.717, 1.165) is 13.0 Å². The van der Waals surface area contributed by atoms with Crippen LogP contribution >= 0.6 is 0 Å². The van der Waals surface area contributed by atoms with Gasteiger partial charge in [0.2, 0.25) is 0 Å². The lowest BCUT2D eigenvalue weighted by atomic mass is 10.3. The molecule has 0 saturated carbocycles. The standard InChI is InChI=1S/C11H16FNOS/c1-13(2)8-5-9-15(14)11-7-4-3-6-10(11)12/h3-4,6-7H,5,8-9H2,1-2H3. The van der Waals surface area contributed by atoms with Crippen LogP contribution in [0.2, 0.25) is 0 Å². The molecule has 1 aromatic rings. The van der Waals surface area contributed by atoms with Crippen LogP contribution in [0.4, 0.5) is 4.39 Å². The third-order valence-electron chi connectivity index (χ3n) is 2.02. The Kier molecular flexibility index (Phi) is 4.91. The minimum absolute atomic E-state index is 0.316. The van der Waals surface area contributed by atoms with Crippen LogP contribution in [0.25, 0.3) is 0 Å². The molecular formula is C11H16FNOS. The first-order chi connectivity index (χ1) is 7.11. The van der Waals surface area contributed by atoms with Gasteiger partial charge in [0.15, 0.2) is 0 Å². The Balaban J connectivity index is 2.51. The van der Waals surface area contributed by atoms with Gasteiger partial charge < -0.3 is 4.90 Å². The van der Waals surface area contributed by atoms with E-state index in [0.29, 0.717) is 10.6 Å². The van der Waals surface area contributed by atoms with Gasteiger partial charge >= 0.3 is 0 Å². The molecule has 1 rings (SSSR count). The van der Waals surface area contributed by atoms with Crippen LogP contribution in [0, 0.1) is 5.82 Å². The Labute approximate surface area is 92.6 Å². The molecule has 4 heteroatoms. The Morgan fingerprint density at radius 2 is 2.00 bits per heavy atom. The van der Waals surface area contributed by atoms with E-state index >= 15 is 0 Å². The quantitative estimate of drug-likeness (QED) is 0.768. The first-order valence-electron chi connectivity index (χ1n) is 4.89. The summed E-state index contributed by atoms with van der Waals surface area (Å²) < 4.78 is 24.9. The molecule has 1 unspecified atom stereocenters. The van der Waals surface area contributed by atoms with Crippen molar-refractivity contribution in [3.63, 3.8) is 0 Å². The third-order valence-corrected chi connectivity index (χ3v) is 3.50. The van der Waals surface area contributed by atoms with Crippen molar-refractivity contribution in [2.75, 3.05) is 26.4 Å². The zero-order chi connectivity index (χ0) is 11.3. The number of hydrogen-bond acceptors (Lipinski definition) is 2. The summed E-state index contributed by atoms with van der Waals surface area (Å²) in [4.78, 5) is 2.34. The van der Waals surface area contributed by atoms with Gasteiger partial charge in [-0.2, -0.15) is 0 Å². The number of benzene rings is 1. The van der Waals surface area contributed by atoms with Crippen molar-refractivity contribution < 1.29 is 8.60 Å². The molecule has 84 valence electrons. The topological polar surface area (TPSA) is 20.3 Å². The summed E-state index contributed by atoms with van der Waals surface area (Å²) in [7, 11) is 2.72. The summed E-state index contributed by atoms with van der Waals surface area (Å²) in [6, 6.07) is 6.25. The van der Waals surface area contributed by atoms with Gasteiger partial charge in [0.25, 0.3) is 0 Å². The lowest BCUT2D eigenvalue weighted by molar-refractivity contribution is 0.409. The lowest BCUT2D eigenvalue weighted by Crippen LogP contribution is -2.15. The van der Waals surface area contributed by atoms with Gasteiger partial charge in [-0.3, -0.25) is 4.21 Å². The number of rotatable bonds is 5. The SMILES string of the molecule is CN(C)CCCS(=O)c1ccccc1F. The molecule has 15 heavy (non-hydrogen) atoms. The second-order valence-electron chi connectivity index (χ2n) is 3.64. The summed E-state index contributed by atoms with van der Waals surface area (Å²) >= 11 is 0.